The van der Waals surface area contributed by atoms with Crippen LogP contribution in [0.5, 0.6) is 0 Å². The fourth-order valence-corrected chi connectivity index (χ4v) is 2.09. The highest BCUT2D eigenvalue weighted by atomic mass is 16.4. The molecule has 0 radical (unpaired) electrons. The zero-order chi connectivity index (χ0) is 13.9. The Bertz CT molecular complexity index is 393. The summed E-state index contributed by atoms with van der Waals surface area (Å²) in [4.78, 5) is 2.04. The molecule has 2 heterocycles. The Kier molecular flexibility index (Phi) is 4.42. The summed E-state index contributed by atoms with van der Waals surface area (Å²) in [5, 5.41) is 21.3. The molecule has 6 heteroatoms. The Labute approximate surface area is 114 Å². The fourth-order valence-electron chi connectivity index (χ4n) is 2.09. The number of aromatic nitrogens is 2. The van der Waals surface area contributed by atoms with Gasteiger partial charge >= 0.3 is 6.01 Å². The van der Waals surface area contributed by atoms with Crippen molar-refractivity contribution < 1.29 is 9.52 Å². The summed E-state index contributed by atoms with van der Waals surface area (Å²) in [6, 6.07) is 0.567. The Morgan fingerprint density at radius 1 is 1.37 bits per heavy atom. The van der Waals surface area contributed by atoms with Crippen molar-refractivity contribution in [2.24, 2.45) is 5.92 Å². The topological polar surface area (TPSA) is 74.4 Å². The highest BCUT2D eigenvalue weighted by Gasteiger charge is 2.29. The molecule has 0 bridgehead atoms. The lowest BCUT2D eigenvalue weighted by Gasteiger charge is -2.34. The Hall–Kier alpha value is -1.14. The average molecular weight is 268 g/mol. The van der Waals surface area contributed by atoms with Crippen molar-refractivity contribution >= 4 is 6.01 Å². The molecule has 2 N–H and O–H groups in total. The summed E-state index contributed by atoms with van der Waals surface area (Å²) >= 11 is 0. The van der Waals surface area contributed by atoms with Gasteiger partial charge in [0.15, 0.2) is 0 Å². The molecule has 1 aliphatic rings. The molecule has 0 aromatic carbocycles. The van der Waals surface area contributed by atoms with Crippen LogP contribution in [0.25, 0.3) is 0 Å². The summed E-state index contributed by atoms with van der Waals surface area (Å²) in [5.74, 6) is 1.22. The Morgan fingerprint density at radius 3 is 2.68 bits per heavy atom. The minimum absolute atomic E-state index is 0.557. The van der Waals surface area contributed by atoms with Crippen LogP contribution in [0, 0.1) is 5.92 Å². The van der Waals surface area contributed by atoms with Crippen molar-refractivity contribution in [1.29, 1.82) is 0 Å². The fraction of sp³-hybridized carbons (Fsp3) is 0.846. The lowest BCUT2D eigenvalue weighted by atomic mass is 9.94. The quantitative estimate of drug-likeness (QED) is 0.835. The van der Waals surface area contributed by atoms with Crippen LogP contribution in [0.2, 0.25) is 0 Å². The van der Waals surface area contributed by atoms with Crippen LogP contribution in [0.1, 0.15) is 39.5 Å². The second kappa shape index (κ2) is 5.88. The van der Waals surface area contributed by atoms with Crippen molar-refractivity contribution in [3.05, 3.63) is 5.89 Å². The van der Waals surface area contributed by atoms with Crippen LogP contribution in [0.4, 0.5) is 6.01 Å². The lowest BCUT2D eigenvalue weighted by Crippen LogP contribution is -2.42. The molecule has 1 aromatic rings. The predicted octanol–water partition coefficient (Wildman–Crippen LogP) is 1.17. The lowest BCUT2D eigenvalue weighted by molar-refractivity contribution is 0.0343. The number of aliphatic hydroxyl groups is 1. The first-order valence-corrected chi connectivity index (χ1v) is 6.97. The summed E-state index contributed by atoms with van der Waals surface area (Å²) in [7, 11) is 0. The zero-order valence-corrected chi connectivity index (χ0v) is 12.0. The van der Waals surface area contributed by atoms with Crippen LogP contribution >= 0.6 is 0 Å². The minimum atomic E-state index is -0.557. The largest absolute Gasteiger partial charge is 0.407 e. The number of rotatable bonds is 5. The number of nitrogens with one attached hydrogen (secondary N) is 1. The van der Waals surface area contributed by atoms with E-state index in [0.29, 0.717) is 24.4 Å². The van der Waals surface area contributed by atoms with Gasteiger partial charge in [0.05, 0.1) is 12.1 Å². The van der Waals surface area contributed by atoms with Gasteiger partial charge in [-0.2, -0.15) is 0 Å². The SMILES string of the molecule is CC(C)CNCc1nnc(N2CCC(C)(O)CC2)o1. The van der Waals surface area contributed by atoms with Gasteiger partial charge in [0, 0.05) is 13.1 Å². The van der Waals surface area contributed by atoms with Gasteiger partial charge in [0.1, 0.15) is 0 Å². The normalized spacial score (nSPS) is 19.1. The van der Waals surface area contributed by atoms with Gasteiger partial charge in [-0.3, -0.25) is 0 Å². The summed E-state index contributed by atoms with van der Waals surface area (Å²) in [6.45, 7) is 9.25. The Morgan fingerprint density at radius 2 is 2.05 bits per heavy atom. The molecule has 19 heavy (non-hydrogen) atoms. The standard InChI is InChI=1S/C13H24N4O2/c1-10(2)8-14-9-11-15-16-12(19-11)17-6-4-13(3,18)5-7-17/h10,14,18H,4-9H2,1-3H3. The smallest absolute Gasteiger partial charge is 0.318 e. The molecule has 0 unspecified atom stereocenters. The first kappa shape index (κ1) is 14.3. The van der Waals surface area contributed by atoms with Gasteiger partial charge in [0.25, 0.3) is 0 Å². The van der Waals surface area contributed by atoms with Crippen molar-refractivity contribution in [2.75, 3.05) is 24.5 Å². The molecular weight excluding hydrogens is 244 g/mol. The van der Waals surface area contributed by atoms with Gasteiger partial charge in [-0.15, -0.1) is 5.10 Å². The molecule has 0 atom stereocenters. The molecule has 1 fully saturated rings. The number of hydrogen-bond donors (Lipinski definition) is 2. The van der Waals surface area contributed by atoms with Crippen LogP contribution in [0.15, 0.2) is 4.42 Å². The molecule has 0 saturated carbocycles. The molecule has 108 valence electrons. The van der Waals surface area contributed by atoms with Crippen molar-refractivity contribution in [1.82, 2.24) is 15.5 Å². The van der Waals surface area contributed by atoms with E-state index in [1.807, 2.05) is 11.8 Å². The third-order valence-electron chi connectivity index (χ3n) is 3.40. The van der Waals surface area contributed by atoms with E-state index in [9.17, 15) is 5.11 Å². The Balaban J connectivity index is 1.84. The number of nitrogens with zero attached hydrogens (tertiary/aromatic N) is 3. The first-order valence-electron chi connectivity index (χ1n) is 6.97. The number of hydrogen-bond acceptors (Lipinski definition) is 6. The number of anilines is 1. The highest BCUT2D eigenvalue weighted by Crippen LogP contribution is 2.24. The second-order valence-electron chi connectivity index (χ2n) is 5.99. The molecular formula is C13H24N4O2. The maximum atomic E-state index is 9.91. The molecule has 0 spiro atoms. The van der Waals surface area contributed by atoms with Crippen LogP contribution < -0.4 is 10.2 Å². The van der Waals surface area contributed by atoms with E-state index in [2.05, 4.69) is 29.4 Å². The third-order valence-corrected chi connectivity index (χ3v) is 3.40. The van der Waals surface area contributed by atoms with Crippen molar-refractivity contribution in [3.63, 3.8) is 0 Å². The third kappa shape index (κ3) is 4.18. The zero-order valence-electron chi connectivity index (χ0n) is 12.0. The molecule has 1 aromatic heterocycles. The van der Waals surface area contributed by atoms with Gasteiger partial charge in [0.2, 0.25) is 5.89 Å². The minimum Gasteiger partial charge on any atom is -0.407 e. The van der Waals surface area contributed by atoms with E-state index >= 15 is 0 Å². The van der Waals surface area contributed by atoms with Gasteiger partial charge in [-0.05, 0) is 32.2 Å². The van der Waals surface area contributed by atoms with E-state index in [4.69, 9.17) is 4.42 Å². The molecule has 1 saturated heterocycles. The average Bonchev–Trinajstić information content (AvgIpc) is 2.77. The monoisotopic (exact) mass is 268 g/mol. The second-order valence-corrected chi connectivity index (χ2v) is 5.99. The van der Waals surface area contributed by atoms with E-state index in [0.717, 1.165) is 32.5 Å². The highest BCUT2D eigenvalue weighted by molar-refractivity contribution is 5.25. The van der Waals surface area contributed by atoms with Crippen LogP contribution in [-0.4, -0.2) is 40.5 Å². The van der Waals surface area contributed by atoms with Gasteiger partial charge in [-0.1, -0.05) is 18.9 Å². The predicted molar refractivity (Wildman–Crippen MR) is 72.9 cm³/mol. The molecule has 1 aliphatic heterocycles. The maximum absolute atomic E-state index is 9.91. The van der Waals surface area contributed by atoms with Gasteiger partial charge in [-0.25, -0.2) is 0 Å². The maximum Gasteiger partial charge on any atom is 0.318 e. The van der Waals surface area contributed by atoms with E-state index in [1.165, 1.54) is 0 Å². The molecule has 0 aliphatic carbocycles. The molecule has 2 rings (SSSR count). The van der Waals surface area contributed by atoms with Gasteiger partial charge < -0.3 is 19.7 Å². The van der Waals surface area contributed by atoms with E-state index in [1.54, 1.807) is 0 Å². The summed E-state index contributed by atoms with van der Waals surface area (Å²) < 4.78 is 5.63. The molecule has 6 nitrogen and oxygen atoms in total. The summed E-state index contributed by atoms with van der Waals surface area (Å²) in [5.41, 5.74) is -0.557. The molecule has 0 amide bonds. The van der Waals surface area contributed by atoms with E-state index < -0.39 is 5.60 Å². The number of piperidine rings is 1. The van der Waals surface area contributed by atoms with Crippen molar-refractivity contribution in [3.8, 4) is 0 Å². The first-order chi connectivity index (χ1) is 8.96. The van der Waals surface area contributed by atoms with Crippen LogP contribution in [-0.2, 0) is 6.54 Å². The van der Waals surface area contributed by atoms with Crippen LogP contribution in [0.3, 0.4) is 0 Å². The van der Waals surface area contributed by atoms with Crippen molar-refractivity contribution in [2.45, 2.75) is 45.8 Å². The summed E-state index contributed by atoms with van der Waals surface area (Å²) in [6.07, 6.45) is 1.46. The van der Waals surface area contributed by atoms with E-state index in [-0.39, 0.29) is 0 Å².